The highest BCUT2D eigenvalue weighted by Gasteiger charge is 2.33. The zero-order chi connectivity index (χ0) is 17.4. The van der Waals surface area contributed by atoms with Gasteiger partial charge in [-0.3, -0.25) is 4.79 Å². The van der Waals surface area contributed by atoms with Crippen LogP contribution in [0.3, 0.4) is 0 Å². The third kappa shape index (κ3) is 2.61. The van der Waals surface area contributed by atoms with E-state index in [2.05, 4.69) is 10.4 Å². The standard InChI is InChI=1S/C19H18N4O2/c1-25-14-9-7-13(8-10-14)23-19-17(18(20)22-23)15(11-16(24)21-19)12-5-3-2-4-6-12/h2-10,15H,11H2,1H3,(H2,20,22)(H,21,24). The first kappa shape index (κ1) is 15.3. The molecule has 3 N–H and O–H groups in total. The van der Waals surface area contributed by atoms with E-state index in [0.717, 1.165) is 22.6 Å². The second-order valence-corrected chi connectivity index (χ2v) is 5.97. The predicted octanol–water partition coefficient (Wildman–Crippen LogP) is 2.94. The van der Waals surface area contributed by atoms with Crippen LogP contribution in [0.4, 0.5) is 11.6 Å². The van der Waals surface area contributed by atoms with Crippen molar-refractivity contribution in [3.05, 3.63) is 65.7 Å². The number of methoxy groups -OCH3 is 1. The Morgan fingerprint density at radius 2 is 1.88 bits per heavy atom. The molecule has 0 spiro atoms. The van der Waals surface area contributed by atoms with Gasteiger partial charge in [0.15, 0.2) is 5.82 Å². The Bertz CT molecular complexity index is 917. The van der Waals surface area contributed by atoms with Gasteiger partial charge in [0, 0.05) is 17.9 Å². The summed E-state index contributed by atoms with van der Waals surface area (Å²) in [5, 5.41) is 7.39. The summed E-state index contributed by atoms with van der Waals surface area (Å²) in [6.07, 6.45) is 0.357. The maximum Gasteiger partial charge on any atom is 0.226 e. The van der Waals surface area contributed by atoms with Crippen LogP contribution in [-0.2, 0) is 4.79 Å². The first-order chi connectivity index (χ1) is 12.2. The topological polar surface area (TPSA) is 82.2 Å². The van der Waals surface area contributed by atoms with Gasteiger partial charge in [-0.05, 0) is 29.8 Å². The van der Waals surface area contributed by atoms with Crippen LogP contribution >= 0.6 is 0 Å². The van der Waals surface area contributed by atoms with Gasteiger partial charge in [-0.2, -0.15) is 0 Å². The summed E-state index contributed by atoms with van der Waals surface area (Å²) in [5.41, 5.74) is 8.95. The van der Waals surface area contributed by atoms with Crippen LogP contribution in [0.15, 0.2) is 54.6 Å². The van der Waals surface area contributed by atoms with Crippen molar-refractivity contribution < 1.29 is 9.53 Å². The lowest BCUT2D eigenvalue weighted by Gasteiger charge is -2.24. The van der Waals surface area contributed by atoms with Gasteiger partial charge in [0.05, 0.1) is 12.8 Å². The molecule has 0 aliphatic carbocycles. The number of nitrogens with one attached hydrogen (secondary N) is 1. The summed E-state index contributed by atoms with van der Waals surface area (Å²) in [6, 6.07) is 17.4. The minimum absolute atomic E-state index is 0.0454. The Hall–Kier alpha value is -3.28. The summed E-state index contributed by atoms with van der Waals surface area (Å²) in [5.74, 6) is 1.67. The number of rotatable bonds is 3. The van der Waals surface area contributed by atoms with Crippen LogP contribution in [0, 0.1) is 0 Å². The SMILES string of the molecule is COc1ccc(-n2nc(N)c3c2NC(=O)CC3c2ccccc2)cc1. The number of nitrogens with zero attached hydrogens (tertiary/aromatic N) is 2. The molecular weight excluding hydrogens is 316 g/mol. The Morgan fingerprint density at radius 3 is 2.56 bits per heavy atom. The van der Waals surface area contributed by atoms with E-state index < -0.39 is 0 Å². The summed E-state index contributed by atoms with van der Waals surface area (Å²) in [4.78, 5) is 12.3. The molecule has 1 aliphatic heterocycles. The molecule has 1 amide bonds. The van der Waals surface area contributed by atoms with Crippen LogP contribution in [0.5, 0.6) is 5.75 Å². The molecule has 2 heterocycles. The molecular formula is C19H18N4O2. The highest BCUT2D eigenvalue weighted by Crippen LogP contribution is 2.41. The third-order valence-corrected chi connectivity index (χ3v) is 4.47. The monoisotopic (exact) mass is 334 g/mol. The fraction of sp³-hybridized carbons (Fsp3) is 0.158. The molecule has 4 rings (SSSR count). The number of aromatic nitrogens is 2. The number of nitrogen functional groups attached to an aromatic ring is 1. The molecule has 1 aliphatic rings. The molecule has 1 aromatic heterocycles. The summed E-state index contributed by atoms with van der Waals surface area (Å²) < 4.78 is 6.87. The summed E-state index contributed by atoms with van der Waals surface area (Å²) in [7, 11) is 1.62. The van der Waals surface area contributed by atoms with Gasteiger partial charge in [-0.15, -0.1) is 5.10 Å². The largest absolute Gasteiger partial charge is 0.497 e. The molecule has 0 saturated heterocycles. The van der Waals surface area contributed by atoms with Gasteiger partial charge in [0.25, 0.3) is 0 Å². The molecule has 3 aromatic rings. The van der Waals surface area contributed by atoms with Crippen molar-refractivity contribution in [2.24, 2.45) is 0 Å². The molecule has 0 bridgehead atoms. The number of amides is 1. The number of fused-ring (bicyclic) bond motifs is 1. The molecule has 0 fully saturated rings. The molecule has 6 nitrogen and oxygen atoms in total. The lowest BCUT2D eigenvalue weighted by Crippen LogP contribution is -2.25. The molecule has 126 valence electrons. The van der Waals surface area contributed by atoms with E-state index in [4.69, 9.17) is 10.5 Å². The van der Waals surface area contributed by atoms with Crippen molar-refractivity contribution in [1.82, 2.24) is 9.78 Å². The van der Waals surface area contributed by atoms with Gasteiger partial charge < -0.3 is 15.8 Å². The Kier molecular flexibility index (Phi) is 3.65. The molecule has 0 radical (unpaired) electrons. The predicted molar refractivity (Wildman–Crippen MR) is 96.1 cm³/mol. The minimum Gasteiger partial charge on any atom is -0.497 e. The Balaban J connectivity index is 1.84. The number of anilines is 2. The summed E-state index contributed by atoms with van der Waals surface area (Å²) in [6.45, 7) is 0. The third-order valence-electron chi connectivity index (χ3n) is 4.47. The van der Waals surface area contributed by atoms with Crippen molar-refractivity contribution in [1.29, 1.82) is 0 Å². The van der Waals surface area contributed by atoms with E-state index >= 15 is 0 Å². The van der Waals surface area contributed by atoms with Crippen LogP contribution in [0.25, 0.3) is 5.69 Å². The minimum atomic E-state index is -0.100. The van der Waals surface area contributed by atoms with E-state index in [9.17, 15) is 4.79 Å². The van der Waals surface area contributed by atoms with E-state index in [0.29, 0.717) is 18.1 Å². The number of carbonyl (C=O) groups excluding carboxylic acids is 1. The number of benzene rings is 2. The fourth-order valence-electron chi connectivity index (χ4n) is 3.26. The van der Waals surface area contributed by atoms with E-state index in [1.165, 1.54) is 0 Å². The van der Waals surface area contributed by atoms with Crippen LogP contribution < -0.4 is 15.8 Å². The molecule has 0 saturated carbocycles. The van der Waals surface area contributed by atoms with Crippen molar-refractivity contribution in [3.8, 4) is 11.4 Å². The second kappa shape index (κ2) is 5.98. The summed E-state index contributed by atoms with van der Waals surface area (Å²) >= 11 is 0. The highest BCUT2D eigenvalue weighted by molar-refractivity contribution is 5.96. The lowest BCUT2D eigenvalue weighted by molar-refractivity contribution is -0.116. The average molecular weight is 334 g/mol. The van der Waals surface area contributed by atoms with Crippen LogP contribution in [0.2, 0.25) is 0 Å². The number of nitrogens with two attached hydrogens (primary N) is 1. The number of hydrogen-bond donors (Lipinski definition) is 2. The zero-order valence-electron chi connectivity index (χ0n) is 13.8. The number of ether oxygens (including phenoxy) is 1. The quantitative estimate of drug-likeness (QED) is 0.771. The van der Waals surface area contributed by atoms with E-state index in [1.807, 2.05) is 54.6 Å². The molecule has 1 unspecified atom stereocenters. The van der Waals surface area contributed by atoms with Crippen molar-refractivity contribution in [2.45, 2.75) is 12.3 Å². The fourth-order valence-corrected chi connectivity index (χ4v) is 3.26. The molecule has 2 aromatic carbocycles. The Labute approximate surface area is 145 Å². The average Bonchev–Trinajstić information content (AvgIpc) is 2.98. The van der Waals surface area contributed by atoms with Gasteiger partial charge in [0.1, 0.15) is 11.6 Å². The van der Waals surface area contributed by atoms with Crippen LogP contribution in [0.1, 0.15) is 23.5 Å². The zero-order valence-corrected chi connectivity index (χ0v) is 13.8. The van der Waals surface area contributed by atoms with Crippen LogP contribution in [-0.4, -0.2) is 22.8 Å². The van der Waals surface area contributed by atoms with E-state index in [-0.39, 0.29) is 11.8 Å². The number of hydrogen-bond acceptors (Lipinski definition) is 4. The maximum absolute atomic E-state index is 12.3. The maximum atomic E-state index is 12.3. The second-order valence-electron chi connectivity index (χ2n) is 5.97. The first-order valence-electron chi connectivity index (χ1n) is 8.05. The van der Waals surface area contributed by atoms with Crippen molar-refractivity contribution in [2.75, 3.05) is 18.2 Å². The van der Waals surface area contributed by atoms with E-state index in [1.54, 1.807) is 11.8 Å². The van der Waals surface area contributed by atoms with Gasteiger partial charge in [0.2, 0.25) is 5.91 Å². The van der Waals surface area contributed by atoms with Gasteiger partial charge in [-0.1, -0.05) is 30.3 Å². The molecule has 25 heavy (non-hydrogen) atoms. The smallest absolute Gasteiger partial charge is 0.226 e. The van der Waals surface area contributed by atoms with Gasteiger partial charge in [-0.25, -0.2) is 4.68 Å². The molecule has 1 atom stereocenters. The van der Waals surface area contributed by atoms with Gasteiger partial charge >= 0.3 is 0 Å². The first-order valence-corrected chi connectivity index (χ1v) is 8.05. The lowest BCUT2D eigenvalue weighted by atomic mass is 9.87. The molecule has 6 heteroatoms. The highest BCUT2D eigenvalue weighted by atomic mass is 16.5. The number of carbonyl (C=O) groups is 1. The normalized spacial score (nSPS) is 16.2. The van der Waals surface area contributed by atoms with Crippen molar-refractivity contribution in [3.63, 3.8) is 0 Å². The Morgan fingerprint density at radius 1 is 1.16 bits per heavy atom. The van der Waals surface area contributed by atoms with Crippen molar-refractivity contribution >= 4 is 17.5 Å².